The Hall–Kier alpha value is -2.06. The predicted octanol–water partition coefficient (Wildman–Crippen LogP) is 1.98. The highest BCUT2D eigenvalue weighted by Gasteiger charge is 2.33. The fourth-order valence-corrected chi connectivity index (χ4v) is 2.05. The summed E-state index contributed by atoms with van der Waals surface area (Å²) < 4.78 is 37.1. The summed E-state index contributed by atoms with van der Waals surface area (Å²) in [7, 11) is 0. The fourth-order valence-electron chi connectivity index (χ4n) is 2.05. The highest BCUT2D eigenvalue weighted by Crippen LogP contribution is 2.25. The Morgan fingerprint density at radius 2 is 2.05 bits per heavy atom. The number of hydrogen-bond donors (Lipinski definition) is 0. The molecule has 1 aliphatic heterocycles. The maximum atomic E-state index is 12.4. The Balaban J connectivity index is 2.31. The van der Waals surface area contributed by atoms with Crippen LogP contribution < -0.4 is 0 Å². The molecule has 1 aromatic carbocycles. The summed E-state index contributed by atoms with van der Waals surface area (Å²) >= 11 is 0. The normalized spacial score (nSPS) is 15.3. The van der Waals surface area contributed by atoms with E-state index in [0.29, 0.717) is 10.5 Å². The van der Waals surface area contributed by atoms with Gasteiger partial charge in [-0.05, 0) is 18.4 Å². The van der Waals surface area contributed by atoms with E-state index in [4.69, 9.17) is 0 Å². The molecule has 1 aliphatic rings. The summed E-state index contributed by atoms with van der Waals surface area (Å²) in [5.74, 6) is -0.802. The standard InChI is InChI=1S/C10H9BF3N2O3/c12-11(13,14)6-15-4-3-7-1-2-8(16(18)19)5-9(7)10(15)17/h1-2,5H,3-4,6H2/q-1. The van der Waals surface area contributed by atoms with Gasteiger partial charge in [0.25, 0.3) is 11.6 Å². The fraction of sp³-hybridized carbons (Fsp3) is 0.300. The van der Waals surface area contributed by atoms with Crippen LogP contribution in [0.2, 0.25) is 0 Å². The van der Waals surface area contributed by atoms with Crippen molar-refractivity contribution < 1.29 is 22.7 Å². The van der Waals surface area contributed by atoms with Crippen molar-refractivity contribution in [3.05, 3.63) is 39.4 Å². The van der Waals surface area contributed by atoms with Gasteiger partial charge in [-0.2, -0.15) is 0 Å². The molecule has 0 N–H and O–H groups in total. The Morgan fingerprint density at radius 1 is 1.37 bits per heavy atom. The van der Waals surface area contributed by atoms with Crippen molar-refractivity contribution in [1.29, 1.82) is 0 Å². The van der Waals surface area contributed by atoms with Crippen LogP contribution in [0.25, 0.3) is 0 Å². The molecule has 1 aromatic rings. The van der Waals surface area contributed by atoms with E-state index in [0.717, 1.165) is 6.07 Å². The molecule has 0 fully saturated rings. The lowest BCUT2D eigenvalue weighted by molar-refractivity contribution is -0.384. The van der Waals surface area contributed by atoms with Gasteiger partial charge >= 0.3 is 6.98 Å². The zero-order valence-electron chi connectivity index (χ0n) is 9.68. The lowest BCUT2D eigenvalue weighted by Crippen LogP contribution is -2.45. The number of nitro groups is 1. The number of fused-ring (bicyclic) bond motifs is 1. The van der Waals surface area contributed by atoms with E-state index in [-0.39, 0.29) is 24.2 Å². The molecular formula is C10H9BF3N2O3-. The van der Waals surface area contributed by atoms with Crippen molar-refractivity contribution in [2.24, 2.45) is 0 Å². The lowest BCUT2D eigenvalue weighted by atomic mass is 9.88. The summed E-state index contributed by atoms with van der Waals surface area (Å²) in [4.78, 5) is 22.5. The smallest absolute Gasteiger partial charge is 0.448 e. The molecule has 5 nitrogen and oxygen atoms in total. The van der Waals surface area contributed by atoms with Crippen molar-refractivity contribution in [3.8, 4) is 0 Å². The van der Waals surface area contributed by atoms with Crippen LogP contribution in [0.3, 0.4) is 0 Å². The van der Waals surface area contributed by atoms with Gasteiger partial charge in [0, 0.05) is 24.2 Å². The average Bonchev–Trinajstić information content (AvgIpc) is 2.31. The second-order valence-electron chi connectivity index (χ2n) is 4.31. The number of rotatable bonds is 3. The maximum Gasteiger partial charge on any atom is 0.497 e. The molecular weight excluding hydrogens is 264 g/mol. The van der Waals surface area contributed by atoms with Crippen LogP contribution in [0.15, 0.2) is 18.2 Å². The van der Waals surface area contributed by atoms with E-state index in [9.17, 15) is 27.9 Å². The summed E-state index contributed by atoms with van der Waals surface area (Å²) in [6.07, 6.45) is -1.01. The molecule has 0 saturated carbocycles. The summed E-state index contributed by atoms with van der Waals surface area (Å²) in [5.41, 5.74) is 0.230. The third-order valence-corrected chi connectivity index (χ3v) is 2.90. The number of non-ortho nitro benzene ring substituents is 1. The molecule has 1 amide bonds. The van der Waals surface area contributed by atoms with Gasteiger partial charge in [-0.3, -0.25) is 14.9 Å². The molecule has 0 aromatic heterocycles. The number of carbonyl (C=O) groups is 1. The van der Waals surface area contributed by atoms with Crippen molar-refractivity contribution in [3.63, 3.8) is 0 Å². The maximum absolute atomic E-state index is 12.4. The molecule has 0 unspecified atom stereocenters. The first-order valence-corrected chi connectivity index (χ1v) is 5.55. The first-order chi connectivity index (χ1) is 8.78. The van der Waals surface area contributed by atoms with Gasteiger partial charge in [-0.1, -0.05) is 6.07 Å². The van der Waals surface area contributed by atoms with E-state index < -0.39 is 24.3 Å². The first kappa shape index (κ1) is 13.4. The number of nitrogens with zero attached hydrogens (tertiary/aromatic N) is 2. The van der Waals surface area contributed by atoms with Gasteiger partial charge in [-0.15, -0.1) is 0 Å². The first-order valence-electron chi connectivity index (χ1n) is 5.55. The molecule has 0 spiro atoms. The number of halogens is 3. The average molecular weight is 273 g/mol. The minimum Gasteiger partial charge on any atom is -0.448 e. The molecule has 19 heavy (non-hydrogen) atoms. The van der Waals surface area contributed by atoms with Gasteiger partial charge < -0.3 is 17.8 Å². The summed E-state index contributed by atoms with van der Waals surface area (Å²) in [6, 6.07) is 3.70. The largest absolute Gasteiger partial charge is 0.497 e. The molecule has 102 valence electrons. The SMILES string of the molecule is O=C1c2cc([N+](=O)[O-])ccc2CCN1C[B-](F)(F)F. The minimum absolute atomic E-state index is 0.0134. The number of hydrogen-bond acceptors (Lipinski definition) is 3. The van der Waals surface area contributed by atoms with Crippen LogP contribution in [-0.4, -0.2) is 35.7 Å². The highest BCUT2D eigenvalue weighted by molar-refractivity contribution is 6.58. The zero-order valence-corrected chi connectivity index (χ0v) is 9.68. The second-order valence-corrected chi connectivity index (χ2v) is 4.31. The van der Waals surface area contributed by atoms with E-state index in [1.165, 1.54) is 12.1 Å². The zero-order chi connectivity index (χ0) is 14.2. The minimum atomic E-state index is -5.11. The van der Waals surface area contributed by atoms with E-state index >= 15 is 0 Å². The summed E-state index contributed by atoms with van der Waals surface area (Å²) in [6.45, 7) is -5.13. The summed E-state index contributed by atoms with van der Waals surface area (Å²) in [5, 5.41) is 10.6. The number of benzene rings is 1. The quantitative estimate of drug-likeness (QED) is 0.480. The lowest BCUT2D eigenvalue weighted by Gasteiger charge is -2.32. The number of amides is 1. The third kappa shape index (κ3) is 2.86. The van der Waals surface area contributed by atoms with Crippen LogP contribution in [0.4, 0.5) is 18.6 Å². The van der Waals surface area contributed by atoms with E-state index in [1.807, 2.05) is 0 Å². The highest BCUT2D eigenvalue weighted by atomic mass is 19.4. The Morgan fingerprint density at radius 3 is 2.63 bits per heavy atom. The molecule has 0 aliphatic carbocycles. The van der Waals surface area contributed by atoms with Gasteiger partial charge in [0.1, 0.15) is 0 Å². The van der Waals surface area contributed by atoms with Crippen LogP contribution >= 0.6 is 0 Å². The van der Waals surface area contributed by atoms with Crippen LogP contribution in [-0.2, 0) is 6.42 Å². The monoisotopic (exact) mass is 273 g/mol. The van der Waals surface area contributed by atoms with Crippen molar-refractivity contribution in [1.82, 2.24) is 4.90 Å². The van der Waals surface area contributed by atoms with Gasteiger partial charge in [0.05, 0.1) is 4.92 Å². The molecule has 9 heteroatoms. The number of carbonyl (C=O) groups excluding carboxylic acids is 1. The van der Waals surface area contributed by atoms with Crippen molar-refractivity contribution >= 4 is 18.6 Å². The van der Waals surface area contributed by atoms with Gasteiger partial charge in [0.2, 0.25) is 0 Å². The van der Waals surface area contributed by atoms with Crippen LogP contribution in [0, 0.1) is 10.1 Å². The van der Waals surface area contributed by atoms with Crippen LogP contribution in [0.5, 0.6) is 0 Å². The van der Waals surface area contributed by atoms with Crippen molar-refractivity contribution in [2.45, 2.75) is 6.42 Å². The van der Waals surface area contributed by atoms with Crippen LogP contribution in [0.1, 0.15) is 15.9 Å². The molecule has 0 bridgehead atoms. The van der Waals surface area contributed by atoms with Gasteiger partial charge in [-0.25, -0.2) is 0 Å². The predicted molar refractivity (Wildman–Crippen MR) is 61.8 cm³/mol. The molecule has 0 saturated heterocycles. The third-order valence-electron chi connectivity index (χ3n) is 2.90. The molecule has 0 radical (unpaired) electrons. The molecule has 1 heterocycles. The Kier molecular flexibility index (Phi) is 3.21. The van der Waals surface area contributed by atoms with E-state index in [1.54, 1.807) is 0 Å². The van der Waals surface area contributed by atoms with E-state index in [2.05, 4.69) is 0 Å². The Labute approximate surface area is 106 Å². The molecule has 2 rings (SSSR count). The second kappa shape index (κ2) is 4.56. The molecule has 0 atom stereocenters. The van der Waals surface area contributed by atoms with Crippen molar-refractivity contribution in [2.75, 3.05) is 13.0 Å². The van der Waals surface area contributed by atoms with Gasteiger partial charge in [0.15, 0.2) is 0 Å². The number of nitro benzene ring substituents is 1. The Bertz CT molecular complexity index is 547. The topological polar surface area (TPSA) is 63.4 Å².